The van der Waals surface area contributed by atoms with E-state index in [1.54, 1.807) is 17.6 Å². The van der Waals surface area contributed by atoms with Crippen LogP contribution < -0.4 is 0 Å². The summed E-state index contributed by atoms with van der Waals surface area (Å²) in [4.78, 5) is 8.22. The fourth-order valence-corrected chi connectivity index (χ4v) is 4.58. The normalized spacial score (nSPS) is 12.3. The number of furan rings is 1. The zero-order chi connectivity index (χ0) is 20.4. The summed E-state index contributed by atoms with van der Waals surface area (Å²) in [6, 6.07) is 26.0. The van der Waals surface area contributed by atoms with Gasteiger partial charge >= 0.3 is 0 Å². The topological polar surface area (TPSA) is 29.3 Å². The van der Waals surface area contributed by atoms with Crippen LogP contribution in [0.5, 0.6) is 0 Å². The molecule has 0 radical (unpaired) electrons. The molecule has 0 aliphatic carbocycles. The van der Waals surface area contributed by atoms with Gasteiger partial charge in [-0.25, -0.2) is 0 Å². The van der Waals surface area contributed by atoms with Crippen LogP contribution in [-0.4, -0.2) is 15.9 Å². The zero-order valence-electron chi connectivity index (χ0n) is 17.2. The molecule has 0 bridgehead atoms. The predicted octanol–water partition coefficient (Wildman–Crippen LogP) is 6.37. The fraction of sp³-hybridized carbons (Fsp3) is 0.269. The molecule has 3 nitrogen and oxygen atoms in total. The van der Waals surface area contributed by atoms with Crippen LogP contribution >= 0.6 is 11.3 Å². The van der Waals surface area contributed by atoms with Crippen molar-refractivity contribution in [2.75, 3.05) is 0 Å². The fourth-order valence-electron chi connectivity index (χ4n) is 3.91. The molecule has 0 saturated heterocycles. The number of rotatable bonds is 11. The second-order valence-electron chi connectivity index (χ2n) is 7.67. The predicted molar refractivity (Wildman–Crippen MR) is 123 cm³/mol. The van der Waals surface area contributed by atoms with Crippen molar-refractivity contribution in [3.05, 3.63) is 113 Å². The SMILES string of the molecule is c1ccc(CCCC(Cc2cncs2)N(Cc2ccccc2)Cc2ccco2)cc1. The van der Waals surface area contributed by atoms with Crippen LogP contribution in [-0.2, 0) is 25.9 Å². The third-order valence-electron chi connectivity index (χ3n) is 5.45. The summed E-state index contributed by atoms with van der Waals surface area (Å²) < 4.78 is 5.71. The highest BCUT2D eigenvalue weighted by atomic mass is 32.1. The van der Waals surface area contributed by atoms with Gasteiger partial charge in [-0.3, -0.25) is 9.88 Å². The molecule has 4 heteroatoms. The van der Waals surface area contributed by atoms with E-state index in [-0.39, 0.29) is 0 Å². The molecular formula is C26H28N2OS. The monoisotopic (exact) mass is 416 g/mol. The standard InChI is InChI=1S/C26H28N2OS/c1-3-9-22(10-4-1)13-7-14-24(17-26-18-27-21-30-26)28(20-25-15-8-16-29-25)19-23-11-5-2-6-12-23/h1-6,8-12,15-16,18,21,24H,7,13-14,17,19-20H2. The maximum absolute atomic E-state index is 5.71. The Hall–Kier alpha value is -2.69. The molecule has 0 aliphatic heterocycles. The average Bonchev–Trinajstić information content (AvgIpc) is 3.48. The lowest BCUT2D eigenvalue weighted by atomic mass is 10.00. The highest BCUT2D eigenvalue weighted by molar-refractivity contribution is 7.09. The molecule has 0 N–H and O–H groups in total. The molecule has 0 aliphatic rings. The molecule has 30 heavy (non-hydrogen) atoms. The summed E-state index contributed by atoms with van der Waals surface area (Å²) in [6.45, 7) is 1.73. The summed E-state index contributed by atoms with van der Waals surface area (Å²) >= 11 is 1.75. The molecule has 0 amide bonds. The Morgan fingerprint density at radius 1 is 0.867 bits per heavy atom. The van der Waals surface area contributed by atoms with E-state index in [0.717, 1.165) is 44.5 Å². The number of nitrogens with zero attached hydrogens (tertiary/aromatic N) is 2. The quantitative estimate of drug-likeness (QED) is 0.284. The molecule has 2 heterocycles. The van der Waals surface area contributed by atoms with E-state index < -0.39 is 0 Å². The Morgan fingerprint density at radius 3 is 2.30 bits per heavy atom. The first-order valence-corrected chi connectivity index (χ1v) is 11.5. The molecule has 4 rings (SSSR count). The van der Waals surface area contributed by atoms with Gasteiger partial charge in [-0.05, 0) is 48.9 Å². The van der Waals surface area contributed by atoms with Gasteiger partial charge in [0.2, 0.25) is 0 Å². The smallest absolute Gasteiger partial charge is 0.117 e. The summed E-state index contributed by atoms with van der Waals surface area (Å²) in [5.74, 6) is 1.02. The van der Waals surface area contributed by atoms with Gasteiger partial charge in [-0.15, -0.1) is 11.3 Å². The van der Waals surface area contributed by atoms with Crippen molar-refractivity contribution in [3.63, 3.8) is 0 Å². The number of hydrogen-bond donors (Lipinski definition) is 0. The maximum Gasteiger partial charge on any atom is 0.117 e. The lowest BCUT2D eigenvalue weighted by molar-refractivity contribution is 0.153. The van der Waals surface area contributed by atoms with Crippen molar-refractivity contribution in [2.45, 2.75) is 44.8 Å². The molecular weight excluding hydrogens is 388 g/mol. The maximum atomic E-state index is 5.71. The van der Waals surface area contributed by atoms with Crippen LogP contribution in [0.15, 0.2) is 95.2 Å². The minimum absolute atomic E-state index is 0.430. The second-order valence-corrected chi connectivity index (χ2v) is 8.64. The number of hydrogen-bond acceptors (Lipinski definition) is 4. The Bertz CT molecular complexity index is 953. The van der Waals surface area contributed by atoms with E-state index in [0.29, 0.717) is 6.04 Å². The Morgan fingerprint density at radius 2 is 1.63 bits per heavy atom. The number of aryl methyl sites for hydroxylation is 1. The summed E-state index contributed by atoms with van der Waals surface area (Å²) in [6.07, 6.45) is 8.22. The minimum atomic E-state index is 0.430. The van der Waals surface area contributed by atoms with Crippen LogP contribution in [0.3, 0.4) is 0 Å². The number of benzene rings is 2. The van der Waals surface area contributed by atoms with Gasteiger partial charge in [0.15, 0.2) is 0 Å². The van der Waals surface area contributed by atoms with Gasteiger partial charge in [-0.1, -0.05) is 60.7 Å². The molecule has 4 aromatic rings. The molecule has 0 fully saturated rings. The number of thiazole rings is 1. The highest BCUT2D eigenvalue weighted by Gasteiger charge is 2.21. The van der Waals surface area contributed by atoms with Gasteiger partial charge in [0.1, 0.15) is 5.76 Å². The molecule has 2 aromatic carbocycles. The van der Waals surface area contributed by atoms with E-state index in [1.165, 1.54) is 16.0 Å². The lowest BCUT2D eigenvalue weighted by Crippen LogP contribution is -2.36. The van der Waals surface area contributed by atoms with Crippen LogP contribution in [0.2, 0.25) is 0 Å². The second kappa shape index (κ2) is 10.9. The van der Waals surface area contributed by atoms with Crippen molar-refractivity contribution in [1.29, 1.82) is 0 Å². The van der Waals surface area contributed by atoms with Gasteiger partial charge in [0, 0.05) is 23.7 Å². The zero-order valence-corrected chi connectivity index (χ0v) is 18.0. The van der Waals surface area contributed by atoms with Crippen molar-refractivity contribution < 1.29 is 4.42 Å². The minimum Gasteiger partial charge on any atom is -0.468 e. The first-order chi connectivity index (χ1) is 14.9. The van der Waals surface area contributed by atoms with Gasteiger partial charge in [0.25, 0.3) is 0 Å². The van der Waals surface area contributed by atoms with Crippen molar-refractivity contribution >= 4 is 11.3 Å². The van der Waals surface area contributed by atoms with E-state index >= 15 is 0 Å². The van der Waals surface area contributed by atoms with E-state index in [1.807, 2.05) is 17.8 Å². The molecule has 154 valence electrons. The first kappa shape index (κ1) is 20.6. The Labute approximate surface area is 183 Å². The lowest BCUT2D eigenvalue weighted by Gasteiger charge is -2.31. The van der Waals surface area contributed by atoms with Crippen LogP contribution in [0.1, 0.15) is 34.6 Å². The summed E-state index contributed by atoms with van der Waals surface area (Å²) in [5, 5.41) is 0. The summed E-state index contributed by atoms with van der Waals surface area (Å²) in [7, 11) is 0. The molecule has 1 atom stereocenters. The van der Waals surface area contributed by atoms with E-state index in [4.69, 9.17) is 4.42 Å². The van der Waals surface area contributed by atoms with E-state index in [9.17, 15) is 0 Å². The van der Waals surface area contributed by atoms with Crippen LogP contribution in [0, 0.1) is 0 Å². The molecule has 1 unspecified atom stereocenters. The largest absolute Gasteiger partial charge is 0.468 e. The Balaban J connectivity index is 1.51. The highest BCUT2D eigenvalue weighted by Crippen LogP contribution is 2.22. The molecule has 2 aromatic heterocycles. The third kappa shape index (κ3) is 6.15. The van der Waals surface area contributed by atoms with Crippen molar-refractivity contribution in [1.82, 2.24) is 9.88 Å². The Kier molecular flexibility index (Phi) is 7.48. The molecule has 0 saturated carbocycles. The van der Waals surface area contributed by atoms with Crippen molar-refractivity contribution in [3.8, 4) is 0 Å². The van der Waals surface area contributed by atoms with Gasteiger partial charge < -0.3 is 4.42 Å². The molecule has 0 spiro atoms. The number of aromatic nitrogens is 1. The van der Waals surface area contributed by atoms with Crippen LogP contribution in [0.25, 0.3) is 0 Å². The first-order valence-electron chi connectivity index (χ1n) is 10.6. The van der Waals surface area contributed by atoms with Gasteiger partial charge in [0.05, 0.1) is 18.3 Å². The van der Waals surface area contributed by atoms with E-state index in [2.05, 4.69) is 76.6 Å². The van der Waals surface area contributed by atoms with Crippen LogP contribution in [0.4, 0.5) is 0 Å². The average molecular weight is 417 g/mol. The van der Waals surface area contributed by atoms with Gasteiger partial charge in [-0.2, -0.15) is 0 Å². The summed E-state index contributed by atoms with van der Waals surface area (Å²) in [5.41, 5.74) is 4.68. The third-order valence-corrected chi connectivity index (χ3v) is 6.25. The van der Waals surface area contributed by atoms with Crippen molar-refractivity contribution in [2.24, 2.45) is 0 Å².